The highest BCUT2D eigenvalue weighted by molar-refractivity contribution is 5.86. The van der Waals surface area contributed by atoms with Gasteiger partial charge in [-0.2, -0.15) is 0 Å². The Balaban J connectivity index is 2.64. The third-order valence-corrected chi connectivity index (χ3v) is 3.62. The van der Waals surface area contributed by atoms with Crippen molar-refractivity contribution >= 4 is 11.9 Å². The van der Waals surface area contributed by atoms with E-state index in [2.05, 4.69) is 5.32 Å². The number of hydrogen-bond donors (Lipinski definition) is 2. The molecule has 0 radical (unpaired) electrons. The Morgan fingerprint density at radius 3 is 2.52 bits per heavy atom. The van der Waals surface area contributed by atoms with Crippen molar-refractivity contribution in [3.63, 3.8) is 0 Å². The molecule has 128 valence electrons. The highest BCUT2D eigenvalue weighted by Gasteiger charge is 2.35. The zero-order chi connectivity index (χ0) is 17.5. The molecule has 0 saturated heterocycles. The number of carbonyl (C=O) groups is 2. The van der Waals surface area contributed by atoms with Crippen LogP contribution in [-0.2, 0) is 20.7 Å². The van der Waals surface area contributed by atoms with Crippen molar-refractivity contribution in [1.29, 1.82) is 0 Å². The molecular formula is C17H25NO5. The molecule has 0 aliphatic rings. The molecule has 23 heavy (non-hydrogen) atoms. The van der Waals surface area contributed by atoms with E-state index in [9.17, 15) is 14.7 Å². The van der Waals surface area contributed by atoms with E-state index in [0.29, 0.717) is 6.42 Å². The maximum atomic E-state index is 12.1. The van der Waals surface area contributed by atoms with Crippen molar-refractivity contribution in [3.05, 3.63) is 29.8 Å². The third kappa shape index (κ3) is 5.56. The van der Waals surface area contributed by atoms with Gasteiger partial charge in [-0.05, 0) is 30.9 Å². The Hall–Kier alpha value is -2.08. The molecule has 1 rings (SSSR count). The number of hydrogen-bond acceptors (Lipinski definition) is 4. The van der Waals surface area contributed by atoms with Crippen LogP contribution in [0.4, 0.5) is 0 Å². The molecule has 0 heterocycles. The molecule has 0 fully saturated rings. The summed E-state index contributed by atoms with van der Waals surface area (Å²) in [6, 6.07) is 7.65. The highest BCUT2D eigenvalue weighted by atomic mass is 16.5. The van der Waals surface area contributed by atoms with Crippen molar-refractivity contribution in [2.45, 2.75) is 32.2 Å². The molecule has 2 N–H and O–H groups in total. The first-order valence-corrected chi connectivity index (χ1v) is 7.47. The fourth-order valence-corrected chi connectivity index (χ4v) is 2.43. The number of amides is 1. The van der Waals surface area contributed by atoms with Gasteiger partial charge in [0.15, 0.2) is 5.54 Å². The summed E-state index contributed by atoms with van der Waals surface area (Å²) in [5, 5.41) is 11.8. The van der Waals surface area contributed by atoms with Crippen LogP contribution in [0.15, 0.2) is 24.3 Å². The summed E-state index contributed by atoms with van der Waals surface area (Å²) in [6.07, 6.45) is 0.899. The largest absolute Gasteiger partial charge is 0.496 e. The van der Waals surface area contributed by atoms with Crippen LogP contribution in [0.5, 0.6) is 5.75 Å². The van der Waals surface area contributed by atoms with Gasteiger partial charge in [-0.15, -0.1) is 0 Å². The number of nitrogens with one attached hydrogen (secondary N) is 1. The lowest BCUT2D eigenvalue weighted by molar-refractivity contribution is -0.149. The lowest BCUT2D eigenvalue weighted by atomic mass is 9.96. The van der Waals surface area contributed by atoms with Crippen LogP contribution in [0.3, 0.4) is 0 Å². The Morgan fingerprint density at radius 1 is 1.30 bits per heavy atom. The molecule has 2 unspecified atom stereocenters. The van der Waals surface area contributed by atoms with Crippen LogP contribution in [0.1, 0.15) is 25.8 Å². The molecule has 1 amide bonds. The van der Waals surface area contributed by atoms with Crippen molar-refractivity contribution in [2.24, 2.45) is 5.92 Å². The second-order valence-corrected chi connectivity index (χ2v) is 5.94. The average molecular weight is 323 g/mol. The van der Waals surface area contributed by atoms with E-state index in [-0.39, 0.29) is 24.9 Å². The van der Waals surface area contributed by atoms with E-state index in [4.69, 9.17) is 9.47 Å². The molecule has 6 heteroatoms. The first kappa shape index (κ1) is 19.0. The van der Waals surface area contributed by atoms with Crippen LogP contribution < -0.4 is 10.1 Å². The average Bonchev–Trinajstić information content (AvgIpc) is 2.47. The van der Waals surface area contributed by atoms with Gasteiger partial charge in [-0.3, -0.25) is 4.79 Å². The van der Waals surface area contributed by atoms with Crippen LogP contribution in [0, 0.1) is 5.92 Å². The lowest BCUT2D eigenvalue weighted by Crippen LogP contribution is -2.55. The molecule has 0 aliphatic heterocycles. The quantitative estimate of drug-likeness (QED) is 0.725. The van der Waals surface area contributed by atoms with E-state index in [0.717, 1.165) is 11.3 Å². The second-order valence-electron chi connectivity index (χ2n) is 5.94. The summed E-state index contributed by atoms with van der Waals surface area (Å²) >= 11 is 0. The predicted octanol–water partition coefficient (Wildman–Crippen LogP) is 1.87. The summed E-state index contributed by atoms with van der Waals surface area (Å²) in [4.78, 5) is 23.4. The topological polar surface area (TPSA) is 84.9 Å². The van der Waals surface area contributed by atoms with Crippen molar-refractivity contribution in [3.8, 4) is 5.75 Å². The first-order valence-electron chi connectivity index (χ1n) is 7.47. The summed E-state index contributed by atoms with van der Waals surface area (Å²) < 4.78 is 10.2. The molecular weight excluding hydrogens is 298 g/mol. The monoisotopic (exact) mass is 323 g/mol. The van der Waals surface area contributed by atoms with E-state index < -0.39 is 11.5 Å². The zero-order valence-corrected chi connectivity index (χ0v) is 14.1. The maximum absolute atomic E-state index is 12.1. The Morgan fingerprint density at radius 2 is 1.96 bits per heavy atom. The Kier molecular flexibility index (Phi) is 7.03. The fourth-order valence-electron chi connectivity index (χ4n) is 2.43. The first-order chi connectivity index (χ1) is 10.8. The van der Waals surface area contributed by atoms with Gasteiger partial charge >= 0.3 is 5.97 Å². The maximum Gasteiger partial charge on any atom is 0.331 e. The summed E-state index contributed by atoms with van der Waals surface area (Å²) in [6.45, 7) is 3.29. The Labute approximate surface area is 136 Å². The van der Waals surface area contributed by atoms with Gasteiger partial charge in [0.05, 0.1) is 13.7 Å². The number of methoxy groups -OCH3 is 2. The van der Waals surface area contributed by atoms with Gasteiger partial charge in [0.2, 0.25) is 5.91 Å². The van der Waals surface area contributed by atoms with Gasteiger partial charge < -0.3 is 19.9 Å². The van der Waals surface area contributed by atoms with Gasteiger partial charge in [-0.25, -0.2) is 4.79 Å². The number of benzene rings is 1. The van der Waals surface area contributed by atoms with Gasteiger partial charge in [0.1, 0.15) is 5.75 Å². The SMILES string of the molecule is COCC(C)(NC(=O)CC(C)Cc1ccccc1OC)C(=O)O. The van der Waals surface area contributed by atoms with Gasteiger partial charge in [0, 0.05) is 13.5 Å². The molecule has 1 aromatic rings. The molecule has 0 bridgehead atoms. The molecule has 1 aromatic carbocycles. The summed E-state index contributed by atoms with van der Waals surface area (Å²) in [7, 11) is 3.01. The fraction of sp³-hybridized carbons (Fsp3) is 0.529. The predicted molar refractivity (Wildman–Crippen MR) is 86.5 cm³/mol. The van der Waals surface area contributed by atoms with Crippen LogP contribution in [-0.4, -0.2) is 43.3 Å². The standard InChI is InChI=1S/C17H25NO5/c1-12(9-13-7-5-6-8-14(13)23-4)10-15(19)18-17(2,11-22-3)16(20)21/h5-8,12H,9-11H2,1-4H3,(H,18,19)(H,20,21). The summed E-state index contributed by atoms with van der Waals surface area (Å²) in [5.41, 5.74) is -0.399. The molecule has 0 aliphatic carbocycles. The van der Waals surface area contributed by atoms with Crippen molar-refractivity contribution < 1.29 is 24.2 Å². The molecule has 6 nitrogen and oxygen atoms in total. The molecule has 0 aromatic heterocycles. The lowest BCUT2D eigenvalue weighted by Gasteiger charge is -2.26. The number of carboxylic acid groups (broad SMARTS) is 1. The smallest absolute Gasteiger partial charge is 0.331 e. The number of para-hydroxylation sites is 1. The second kappa shape index (κ2) is 8.53. The molecule has 2 atom stereocenters. The summed E-state index contributed by atoms with van der Waals surface area (Å²) in [5.74, 6) is -0.596. The normalized spacial score (nSPS) is 14.6. The molecule has 0 spiro atoms. The van der Waals surface area contributed by atoms with Crippen LogP contribution >= 0.6 is 0 Å². The third-order valence-electron chi connectivity index (χ3n) is 3.62. The minimum Gasteiger partial charge on any atom is -0.496 e. The number of carbonyl (C=O) groups excluding carboxylic acids is 1. The van der Waals surface area contributed by atoms with Gasteiger partial charge in [0.25, 0.3) is 0 Å². The van der Waals surface area contributed by atoms with E-state index in [1.165, 1.54) is 14.0 Å². The number of ether oxygens (including phenoxy) is 2. The Bertz CT molecular complexity index is 546. The van der Waals surface area contributed by atoms with E-state index in [1.807, 2.05) is 31.2 Å². The van der Waals surface area contributed by atoms with E-state index in [1.54, 1.807) is 7.11 Å². The highest BCUT2D eigenvalue weighted by Crippen LogP contribution is 2.22. The zero-order valence-electron chi connectivity index (χ0n) is 14.1. The number of aliphatic carboxylic acids is 1. The molecule has 0 saturated carbocycles. The van der Waals surface area contributed by atoms with Crippen molar-refractivity contribution in [1.82, 2.24) is 5.32 Å². The number of rotatable bonds is 9. The number of carboxylic acids is 1. The van der Waals surface area contributed by atoms with Crippen LogP contribution in [0.2, 0.25) is 0 Å². The van der Waals surface area contributed by atoms with Crippen LogP contribution in [0.25, 0.3) is 0 Å². The minimum absolute atomic E-state index is 0.0480. The van der Waals surface area contributed by atoms with Crippen molar-refractivity contribution in [2.75, 3.05) is 20.8 Å². The van der Waals surface area contributed by atoms with Gasteiger partial charge in [-0.1, -0.05) is 25.1 Å². The minimum atomic E-state index is -1.42. The van der Waals surface area contributed by atoms with E-state index >= 15 is 0 Å².